The lowest BCUT2D eigenvalue weighted by molar-refractivity contribution is 0.0806. The van der Waals surface area contributed by atoms with Crippen molar-refractivity contribution < 1.29 is 14.3 Å². The Kier molecular flexibility index (Phi) is 2.88. The van der Waals surface area contributed by atoms with Crippen LogP contribution in [0.4, 0.5) is 0 Å². The number of nitrogens with one attached hydrogen (secondary N) is 1. The number of hydrogen-bond acceptors (Lipinski definition) is 3. The number of amides is 1. The van der Waals surface area contributed by atoms with Crippen molar-refractivity contribution in [2.75, 3.05) is 13.7 Å². The van der Waals surface area contributed by atoms with Crippen LogP contribution in [0.3, 0.4) is 0 Å². The number of allylic oxidation sites excluding steroid dienone is 2. The number of H-pyrrole nitrogens is 1. The Morgan fingerprint density at radius 3 is 2.93 bits per heavy atom. The van der Waals surface area contributed by atoms with Crippen LogP contribution in [0.5, 0.6) is 5.75 Å². The molecule has 1 saturated heterocycles. The Morgan fingerprint density at radius 2 is 2.07 bits per heavy atom. The highest BCUT2D eigenvalue weighted by Crippen LogP contribution is 2.66. The maximum absolute atomic E-state index is 13.4. The Balaban J connectivity index is 1.43. The second-order valence-corrected chi connectivity index (χ2v) is 7.83. The number of hydrogen-bond donors (Lipinski definition) is 1. The molecule has 1 amide bonds. The highest BCUT2D eigenvalue weighted by atomic mass is 16.5. The summed E-state index contributed by atoms with van der Waals surface area (Å²) < 4.78 is 5.41. The lowest BCUT2D eigenvalue weighted by Crippen LogP contribution is -2.33. The molecule has 0 radical (unpaired) electrons. The summed E-state index contributed by atoms with van der Waals surface area (Å²) in [5, 5.41) is 0.881. The van der Waals surface area contributed by atoms with E-state index in [1.165, 1.54) is 0 Å². The van der Waals surface area contributed by atoms with Crippen LogP contribution in [0.25, 0.3) is 10.9 Å². The van der Waals surface area contributed by atoms with Crippen LogP contribution in [-0.4, -0.2) is 35.2 Å². The van der Waals surface area contributed by atoms with Crippen LogP contribution >= 0.6 is 0 Å². The van der Waals surface area contributed by atoms with Crippen LogP contribution in [-0.2, 0) is 5.41 Å². The predicted molar refractivity (Wildman–Crippen MR) is 105 cm³/mol. The van der Waals surface area contributed by atoms with Crippen LogP contribution < -0.4 is 4.74 Å². The molecule has 1 aromatic heterocycles. The van der Waals surface area contributed by atoms with Gasteiger partial charge in [-0.25, -0.2) is 0 Å². The largest absolute Gasteiger partial charge is 0.496 e. The van der Waals surface area contributed by atoms with Crippen LogP contribution in [0.1, 0.15) is 32.8 Å². The molecule has 28 heavy (non-hydrogen) atoms. The second kappa shape index (κ2) is 5.13. The summed E-state index contributed by atoms with van der Waals surface area (Å²) in [4.78, 5) is 31.0. The third-order valence-corrected chi connectivity index (χ3v) is 6.52. The fourth-order valence-electron chi connectivity index (χ4n) is 5.15. The van der Waals surface area contributed by atoms with Crippen molar-refractivity contribution in [3.63, 3.8) is 0 Å². The molecular formula is C23H18N2O3. The molecule has 6 rings (SSSR count). The minimum absolute atomic E-state index is 0.0140. The molecule has 2 fully saturated rings. The number of fused-ring (bicyclic) bond motifs is 2. The van der Waals surface area contributed by atoms with Crippen molar-refractivity contribution >= 4 is 22.6 Å². The number of rotatable bonds is 2. The average molecular weight is 370 g/mol. The molecule has 2 heterocycles. The van der Waals surface area contributed by atoms with Crippen molar-refractivity contribution in [2.24, 2.45) is 5.92 Å². The first-order valence-electron chi connectivity index (χ1n) is 9.47. The van der Waals surface area contributed by atoms with Gasteiger partial charge < -0.3 is 14.6 Å². The highest BCUT2D eigenvalue weighted by Gasteiger charge is 2.67. The highest BCUT2D eigenvalue weighted by molar-refractivity contribution is 6.10. The smallest absolute Gasteiger partial charge is 0.274 e. The summed E-state index contributed by atoms with van der Waals surface area (Å²) in [6.07, 6.45) is 2.68. The number of ether oxygens (including phenoxy) is 1. The summed E-state index contributed by atoms with van der Waals surface area (Å²) in [6.45, 7) is 0.652. The number of benzene rings is 2. The van der Waals surface area contributed by atoms with Gasteiger partial charge in [-0.15, -0.1) is 0 Å². The SMILES string of the molecule is COc1cccc2[nH]c(C(=O)N3C[C@H]4C[C@@]45C3=CC(=O)c3ccccc35)cc12. The van der Waals surface area contributed by atoms with E-state index in [0.29, 0.717) is 18.2 Å². The molecule has 0 unspecified atom stereocenters. The van der Waals surface area contributed by atoms with Crippen molar-refractivity contribution in [2.45, 2.75) is 11.8 Å². The van der Waals surface area contributed by atoms with Gasteiger partial charge in [-0.2, -0.15) is 0 Å². The predicted octanol–water partition coefficient (Wildman–Crippen LogP) is 3.67. The van der Waals surface area contributed by atoms with Crippen molar-refractivity contribution in [3.05, 3.63) is 77.1 Å². The summed E-state index contributed by atoms with van der Waals surface area (Å²) in [7, 11) is 1.62. The fourth-order valence-corrected chi connectivity index (χ4v) is 5.15. The van der Waals surface area contributed by atoms with Gasteiger partial charge in [0.2, 0.25) is 0 Å². The van der Waals surface area contributed by atoms with Crippen LogP contribution in [0.15, 0.2) is 60.3 Å². The number of carbonyl (C=O) groups is 2. The van der Waals surface area contributed by atoms with Gasteiger partial charge in [0.25, 0.3) is 5.91 Å². The molecule has 3 aromatic rings. The van der Waals surface area contributed by atoms with E-state index in [4.69, 9.17) is 4.74 Å². The first-order valence-corrected chi connectivity index (χ1v) is 9.47. The molecule has 2 atom stereocenters. The van der Waals surface area contributed by atoms with Crippen molar-refractivity contribution in [1.29, 1.82) is 0 Å². The maximum Gasteiger partial charge on any atom is 0.274 e. The Hall–Kier alpha value is -3.34. The molecule has 2 aliphatic carbocycles. The quantitative estimate of drug-likeness (QED) is 0.749. The van der Waals surface area contributed by atoms with Crippen LogP contribution in [0, 0.1) is 5.92 Å². The molecule has 138 valence electrons. The Bertz CT molecular complexity index is 1220. The fraction of sp³-hybridized carbons (Fsp3) is 0.217. The van der Waals surface area contributed by atoms with Crippen molar-refractivity contribution in [3.8, 4) is 5.75 Å². The number of aromatic amines is 1. The second-order valence-electron chi connectivity index (χ2n) is 7.83. The topological polar surface area (TPSA) is 62.4 Å². The summed E-state index contributed by atoms with van der Waals surface area (Å²) >= 11 is 0. The van der Waals surface area contributed by atoms with Gasteiger partial charge in [0.1, 0.15) is 11.4 Å². The van der Waals surface area contributed by atoms with E-state index < -0.39 is 0 Å². The monoisotopic (exact) mass is 370 g/mol. The first-order chi connectivity index (χ1) is 13.6. The van der Waals surface area contributed by atoms with E-state index in [2.05, 4.69) is 4.98 Å². The number of likely N-dealkylation sites (tertiary alicyclic amines) is 1. The van der Waals surface area contributed by atoms with Gasteiger partial charge in [-0.1, -0.05) is 30.3 Å². The van der Waals surface area contributed by atoms with E-state index >= 15 is 0 Å². The van der Waals surface area contributed by atoms with E-state index in [9.17, 15) is 9.59 Å². The van der Waals surface area contributed by atoms with E-state index in [1.807, 2.05) is 48.5 Å². The van der Waals surface area contributed by atoms with Crippen molar-refractivity contribution in [1.82, 2.24) is 9.88 Å². The third kappa shape index (κ3) is 1.81. The minimum atomic E-state index is -0.163. The zero-order valence-electron chi connectivity index (χ0n) is 15.4. The van der Waals surface area contributed by atoms with E-state index in [-0.39, 0.29) is 17.1 Å². The molecule has 2 aromatic carbocycles. The van der Waals surface area contributed by atoms with Gasteiger partial charge in [0.15, 0.2) is 5.78 Å². The van der Waals surface area contributed by atoms with E-state index in [0.717, 1.165) is 39.9 Å². The van der Waals surface area contributed by atoms with Gasteiger partial charge in [0.05, 0.1) is 7.11 Å². The summed E-state index contributed by atoms with van der Waals surface area (Å²) in [6, 6.07) is 15.4. The average Bonchev–Trinajstić information content (AvgIpc) is 3.10. The summed E-state index contributed by atoms with van der Waals surface area (Å²) in [5.41, 5.74) is 3.93. The standard InChI is InChI=1S/C23H18N2O3/c1-28-20-8-4-7-17-15(20)9-18(24-17)22(27)25-12-13-11-23(13)16-6-3-2-5-14(16)19(26)10-21(23)25/h2-10,13,24H,11-12H2,1H3/t13-,23-/m1/s1. The number of ketones is 1. The molecule has 1 aliphatic heterocycles. The summed E-state index contributed by atoms with van der Waals surface area (Å²) in [5.74, 6) is 1.01. The molecule has 5 heteroatoms. The number of carbonyl (C=O) groups excluding carboxylic acids is 2. The first kappa shape index (κ1) is 15.7. The molecule has 0 bridgehead atoms. The Morgan fingerprint density at radius 1 is 1.21 bits per heavy atom. The molecule has 1 N–H and O–H groups in total. The molecule has 1 spiro atoms. The number of methoxy groups -OCH3 is 1. The van der Waals surface area contributed by atoms with E-state index in [1.54, 1.807) is 18.1 Å². The van der Waals surface area contributed by atoms with Gasteiger partial charge in [-0.05, 0) is 36.1 Å². The molecule has 5 nitrogen and oxygen atoms in total. The molecular weight excluding hydrogens is 352 g/mol. The molecule has 1 saturated carbocycles. The normalized spacial score (nSPS) is 24.5. The minimum Gasteiger partial charge on any atom is -0.496 e. The number of nitrogens with zero attached hydrogens (tertiary/aromatic N) is 1. The number of piperidine rings is 1. The number of aromatic nitrogens is 1. The zero-order valence-corrected chi connectivity index (χ0v) is 15.4. The lowest BCUT2D eigenvalue weighted by Gasteiger charge is -2.29. The van der Waals surface area contributed by atoms with Crippen LogP contribution in [0.2, 0.25) is 0 Å². The third-order valence-electron chi connectivity index (χ3n) is 6.52. The molecule has 3 aliphatic rings. The van der Waals surface area contributed by atoms with Gasteiger partial charge >= 0.3 is 0 Å². The van der Waals surface area contributed by atoms with Gasteiger partial charge in [0, 0.05) is 40.2 Å². The lowest BCUT2D eigenvalue weighted by atomic mass is 9.81. The Labute approximate surface area is 161 Å². The zero-order chi connectivity index (χ0) is 19.0. The van der Waals surface area contributed by atoms with Gasteiger partial charge in [-0.3, -0.25) is 9.59 Å². The maximum atomic E-state index is 13.4.